The van der Waals surface area contributed by atoms with E-state index in [1.165, 1.54) is 0 Å². The molecule has 1 aliphatic heterocycles. The highest BCUT2D eigenvalue weighted by Crippen LogP contribution is 2.31. The van der Waals surface area contributed by atoms with Crippen LogP contribution in [-0.4, -0.2) is 43.8 Å². The van der Waals surface area contributed by atoms with Crippen LogP contribution in [0.2, 0.25) is 0 Å². The molecule has 2 rings (SSSR count). The summed E-state index contributed by atoms with van der Waals surface area (Å²) in [6, 6.07) is 0. The lowest BCUT2D eigenvalue weighted by atomic mass is 10.3. The number of morpholine rings is 1. The van der Waals surface area contributed by atoms with Gasteiger partial charge in [0.1, 0.15) is 0 Å². The number of nitrogens with zero attached hydrogens (tertiary/aromatic N) is 1. The van der Waals surface area contributed by atoms with Crippen molar-refractivity contribution in [3.63, 3.8) is 0 Å². The van der Waals surface area contributed by atoms with Crippen LogP contribution in [-0.2, 0) is 14.8 Å². The molecule has 4 nitrogen and oxygen atoms in total. The van der Waals surface area contributed by atoms with E-state index in [1.54, 1.807) is 4.31 Å². The van der Waals surface area contributed by atoms with Gasteiger partial charge in [0.15, 0.2) is 0 Å². The smallest absolute Gasteiger partial charge is 0.217 e. The Bertz CT molecular complexity index is 284. The zero-order chi connectivity index (χ0) is 9.47. The zero-order valence-corrected chi connectivity index (χ0v) is 8.59. The third-order valence-corrected chi connectivity index (χ3v) is 4.87. The lowest BCUT2D eigenvalue weighted by Crippen LogP contribution is -2.45. The minimum absolute atomic E-state index is 0.0438. The molecular weight excluding hydrogens is 190 g/mol. The lowest BCUT2D eigenvalue weighted by molar-refractivity contribution is 0.0101. The maximum atomic E-state index is 11.8. The molecule has 0 unspecified atom stereocenters. The van der Waals surface area contributed by atoms with Crippen molar-refractivity contribution >= 4 is 10.0 Å². The second kappa shape index (κ2) is 3.22. The molecule has 0 radical (unpaired) electrons. The fourth-order valence-electron chi connectivity index (χ4n) is 1.59. The van der Waals surface area contributed by atoms with Crippen LogP contribution >= 0.6 is 0 Å². The SMILES string of the molecule is C[C@H]1CN(S(=O)(=O)C2CC2)CCO1. The molecule has 0 aromatic heterocycles. The monoisotopic (exact) mass is 205 g/mol. The molecule has 0 aromatic rings. The zero-order valence-electron chi connectivity index (χ0n) is 7.77. The van der Waals surface area contributed by atoms with E-state index in [0.717, 1.165) is 12.8 Å². The van der Waals surface area contributed by atoms with Crippen LogP contribution in [0.25, 0.3) is 0 Å². The molecule has 0 amide bonds. The fourth-order valence-corrected chi connectivity index (χ4v) is 3.49. The molecule has 1 heterocycles. The average molecular weight is 205 g/mol. The van der Waals surface area contributed by atoms with Gasteiger partial charge in [-0.25, -0.2) is 8.42 Å². The van der Waals surface area contributed by atoms with Gasteiger partial charge in [-0.1, -0.05) is 0 Å². The number of rotatable bonds is 2. The van der Waals surface area contributed by atoms with Crippen molar-refractivity contribution in [1.82, 2.24) is 4.31 Å². The van der Waals surface area contributed by atoms with E-state index >= 15 is 0 Å². The first-order valence-electron chi connectivity index (χ1n) is 4.71. The molecule has 1 saturated heterocycles. The van der Waals surface area contributed by atoms with E-state index < -0.39 is 10.0 Å². The largest absolute Gasteiger partial charge is 0.376 e. The summed E-state index contributed by atoms with van der Waals surface area (Å²) in [5, 5.41) is -0.0854. The third-order valence-electron chi connectivity index (χ3n) is 2.51. The van der Waals surface area contributed by atoms with E-state index in [9.17, 15) is 8.42 Å². The Hall–Kier alpha value is -0.130. The van der Waals surface area contributed by atoms with Crippen molar-refractivity contribution in [1.29, 1.82) is 0 Å². The highest BCUT2D eigenvalue weighted by molar-refractivity contribution is 7.90. The van der Waals surface area contributed by atoms with Crippen molar-refractivity contribution in [2.24, 2.45) is 0 Å². The first-order valence-corrected chi connectivity index (χ1v) is 6.21. The molecule has 1 atom stereocenters. The summed E-state index contributed by atoms with van der Waals surface area (Å²) < 4.78 is 30.4. The van der Waals surface area contributed by atoms with Crippen molar-refractivity contribution < 1.29 is 13.2 Å². The number of hydrogen-bond donors (Lipinski definition) is 0. The van der Waals surface area contributed by atoms with Gasteiger partial charge in [-0.15, -0.1) is 0 Å². The number of ether oxygens (including phenoxy) is 1. The Morgan fingerprint density at radius 1 is 1.38 bits per heavy atom. The maximum Gasteiger partial charge on any atom is 0.217 e. The van der Waals surface area contributed by atoms with Gasteiger partial charge in [0.25, 0.3) is 0 Å². The van der Waals surface area contributed by atoms with E-state index in [2.05, 4.69) is 0 Å². The van der Waals surface area contributed by atoms with E-state index in [-0.39, 0.29) is 11.4 Å². The molecule has 5 heteroatoms. The highest BCUT2D eigenvalue weighted by Gasteiger charge is 2.41. The number of sulfonamides is 1. The summed E-state index contributed by atoms with van der Waals surface area (Å²) in [6.07, 6.45) is 1.73. The van der Waals surface area contributed by atoms with Crippen LogP contribution in [0.3, 0.4) is 0 Å². The first kappa shape index (κ1) is 9.43. The van der Waals surface area contributed by atoms with E-state index in [1.807, 2.05) is 6.92 Å². The third kappa shape index (κ3) is 1.87. The van der Waals surface area contributed by atoms with Crippen LogP contribution in [0.15, 0.2) is 0 Å². The van der Waals surface area contributed by atoms with E-state index in [0.29, 0.717) is 19.7 Å². The molecule has 0 spiro atoms. The van der Waals surface area contributed by atoms with Crippen LogP contribution in [0.1, 0.15) is 19.8 Å². The predicted octanol–water partition coefficient (Wildman–Crippen LogP) is 0.199. The van der Waals surface area contributed by atoms with Gasteiger partial charge in [-0.2, -0.15) is 4.31 Å². The molecule has 0 bridgehead atoms. The Morgan fingerprint density at radius 3 is 2.62 bits per heavy atom. The lowest BCUT2D eigenvalue weighted by Gasteiger charge is -2.30. The predicted molar refractivity (Wildman–Crippen MR) is 48.9 cm³/mol. The molecule has 2 aliphatic rings. The van der Waals surface area contributed by atoms with Gasteiger partial charge in [0.2, 0.25) is 10.0 Å². The second-order valence-electron chi connectivity index (χ2n) is 3.78. The quantitative estimate of drug-likeness (QED) is 0.647. The van der Waals surface area contributed by atoms with Crippen molar-refractivity contribution in [2.45, 2.75) is 31.1 Å². The normalized spacial score (nSPS) is 31.9. The van der Waals surface area contributed by atoms with Crippen molar-refractivity contribution in [3.8, 4) is 0 Å². The van der Waals surface area contributed by atoms with Crippen LogP contribution in [0.5, 0.6) is 0 Å². The van der Waals surface area contributed by atoms with Gasteiger partial charge < -0.3 is 4.74 Å². The summed E-state index contributed by atoms with van der Waals surface area (Å²) >= 11 is 0. The minimum atomic E-state index is -2.97. The van der Waals surface area contributed by atoms with Crippen molar-refractivity contribution in [3.05, 3.63) is 0 Å². The molecule has 13 heavy (non-hydrogen) atoms. The summed E-state index contributed by atoms with van der Waals surface area (Å²) in [4.78, 5) is 0. The highest BCUT2D eigenvalue weighted by atomic mass is 32.2. The van der Waals surface area contributed by atoms with Gasteiger partial charge in [0.05, 0.1) is 18.0 Å². The number of hydrogen-bond acceptors (Lipinski definition) is 3. The topological polar surface area (TPSA) is 46.6 Å². The Labute approximate surface area is 78.9 Å². The Morgan fingerprint density at radius 2 is 2.08 bits per heavy atom. The summed E-state index contributed by atoms with van der Waals surface area (Å²) in [5.41, 5.74) is 0. The van der Waals surface area contributed by atoms with Crippen LogP contribution in [0.4, 0.5) is 0 Å². The summed E-state index contributed by atoms with van der Waals surface area (Å²) in [6.45, 7) is 3.50. The summed E-state index contributed by atoms with van der Waals surface area (Å²) in [5.74, 6) is 0. The average Bonchev–Trinajstić information content (AvgIpc) is 2.86. The van der Waals surface area contributed by atoms with Gasteiger partial charge in [0, 0.05) is 13.1 Å². The second-order valence-corrected chi connectivity index (χ2v) is 6.00. The van der Waals surface area contributed by atoms with Crippen LogP contribution in [0, 0.1) is 0 Å². The van der Waals surface area contributed by atoms with Crippen molar-refractivity contribution in [2.75, 3.05) is 19.7 Å². The molecule has 0 N–H and O–H groups in total. The molecule has 1 aliphatic carbocycles. The maximum absolute atomic E-state index is 11.8. The minimum Gasteiger partial charge on any atom is -0.376 e. The Kier molecular flexibility index (Phi) is 2.33. The fraction of sp³-hybridized carbons (Fsp3) is 1.00. The van der Waals surface area contributed by atoms with Crippen LogP contribution < -0.4 is 0 Å². The molecule has 1 saturated carbocycles. The molecular formula is C8H15NO3S. The molecule has 2 fully saturated rings. The molecule has 0 aromatic carbocycles. The molecule has 76 valence electrons. The van der Waals surface area contributed by atoms with Gasteiger partial charge in [-0.3, -0.25) is 0 Å². The van der Waals surface area contributed by atoms with Gasteiger partial charge >= 0.3 is 0 Å². The first-order chi connectivity index (χ1) is 6.10. The van der Waals surface area contributed by atoms with E-state index in [4.69, 9.17) is 4.74 Å². The standard InChI is InChI=1S/C8H15NO3S/c1-7-6-9(4-5-12-7)13(10,11)8-2-3-8/h7-8H,2-6H2,1H3/t7-/m0/s1. The summed E-state index contributed by atoms with van der Waals surface area (Å²) in [7, 11) is -2.97. The van der Waals surface area contributed by atoms with Gasteiger partial charge in [-0.05, 0) is 19.8 Å². The Balaban J connectivity index is 2.06.